The lowest BCUT2D eigenvalue weighted by atomic mass is 10.1. The molecule has 0 aromatic carbocycles. The standard InChI is InChI=1S/C23H30N6O2S/c1-3-31-21-19-17(8-9-24-21)32-22(28-19)18-13(2)26-23(25-11-14-4-5-14)29-20(18)27-16-7-6-15(10-16)12-30/h8-9,14-16,30H,3-7,10-12H2,1-2H3,(H2,25,26,27,29). The maximum atomic E-state index is 9.56. The van der Waals surface area contributed by atoms with Gasteiger partial charge in [0.1, 0.15) is 16.3 Å². The maximum Gasteiger partial charge on any atom is 0.241 e. The number of hydrogen-bond donors (Lipinski definition) is 3. The first-order chi connectivity index (χ1) is 15.6. The van der Waals surface area contributed by atoms with Gasteiger partial charge >= 0.3 is 0 Å². The molecule has 0 spiro atoms. The highest BCUT2D eigenvalue weighted by Crippen LogP contribution is 2.39. The normalized spacial score (nSPS) is 20.6. The molecule has 8 nitrogen and oxygen atoms in total. The number of thiazole rings is 1. The smallest absolute Gasteiger partial charge is 0.241 e. The number of nitrogens with zero attached hydrogens (tertiary/aromatic N) is 4. The van der Waals surface area contributed by atoms with Gasteiger partial charge in [0.15, 0.2) is 0 Å². The highest BCUT2D eigenvalue weighted by atomic mass is 32.1. The van der Waals surface area contributed by atoms with Crippen LogP contribution in [-0.4, -0.2) is 50.8 Å². The summed E-state index contributed by atoms with van der Waals surface area (Å²) in [6, 6.07) is 2.25. The van der Waals surface area contributed by atoms with Crippen LogP contribution in [0.5, 0.6) is 5.88 Å². The first-order valence-electron chi connectivity index (χ1n) is 11.5. The monoisotopic (exact) mass is 454 g/mol. The highest BCUT2D eigenvalue weighted by molar-refractivity contribution is 7.21. The van der Waals surface area contributed by atoms with Crippen LogP contribution in [0.15, 0.2) is 12.3 Å². The number of anilines is 2. The van der Waals surface area contributed by atoms with Gasteiger partial charge in [0.2, 0.25) is 11.8 Å². The molecule has 2 saturated carbocycles. The zero-order valence-corrected chi connectivity index (χ0v) is 19.4. The molecule has 0 bridgehead atoms. The first-order valence-corrected chi connectivity index (χ1v) is 12.3. The van der Waals surface area contributed by atoms with Gasteiger partial charge < -0.3 is 20.5 Å². The number of fused-ring (bicyclic) bond motifs is 1. The molecule has 9 heteroatoms. The Labute approximate surface area is 191 Å². The Hall–Kier alpha value is -2.52. The van der Waals surface area contributed by atoms with E-state index in [0.717, 1.165) is 64.0 Å². The Bertz CT molecular complexity index is 1100. The van der Waals surface area contributed by atoms with Crippen molar-refractivity contribution in [1.82, 2.24) is 19.9 Å². The quantitative estimate of drug-likeness (QED) is 0.441. The predicted molar refractivity (Wildman–Crippen MR) is 127 cm³/mol. The number of aromatic nitrogens is 4. The summed E-state index contributed by atoms with van der Waals surface area (Å²) < 4.78 is 6.72. The number of aliphatic hydroxyl groups excluding tert-OH is 1. The van der Waals surface area contributed by atoms with Gasteiger partial charge in [0.05, 0.1) is 22.6 Å². The van der Waals surface area contributed by atoms with E-state index in [-0.39, 0.29) is 12.6 Å². The van der Waals surface area contributed by atoms with Crippen LogP contribution in [0.4, 0.5) is 11.8 Å². The second-order valence-electron chi connectivity index (χ2n) is 8.80. The highest BCUT2D eigenvalue weighted by Gasteiger charge is 2.27. The van der Waals surface area contributed by atoms with Crippen LogP contribution in [0.25, 0.3) is 20.8 Å². The molecule has 2 aliphatic rings. The van der Waals surface area contributed by atoms with Crippen molar-refractivity contribution < 1.29 is 9.84 Å². The minimum atomic E-state index is 0.243. The molecule has 170 valence electrons. The van der Waals surface area contributed by atoms with E-state index in [2.05, 4.69) is 15.6 Å². The van der Waals surface area contributed by atoms with Crippen molar-refractivity contribution >= 4 is 33.3 Å². The molecule has 32 heavy (non-hydrogen) atoms. The van der Waals surface area contributed by atoms with Gasteiger partial charge in [-0.25, -0.2) is 15.0 Å². The van der Waals surface area contributed by atoms with E-state index in [1.807, 2.05) is 19.9 Å². The summed E-state index contributed by atoms with van der Waals surface area (Å²) in [6.07, 6.45) is 7.32. The molecule has 0 amide bonds. The first kappa shape index (κ1) is 21.3. The van der Waals surface area contributed by atoms with Crippen molar-refractivity contribution in [3.63, 3.8) is 0 Å². The molecule has 0 aliphatic heterocycles. The zero-order valence-electron chi connectivity index (χ0n) is 18.6. The third kappa shape index (κ3) is 4.49. The van der Waals surface area contributed by atoms with Crippen molar-refractivity contribution in [3.05, 3.63) is 18.0 Å². The Morgan fingerprint density at radius 1 is 1.16 bits per heavy atom. The number of rotatable bonds is 9. The summed E-state index contributed by atoms with van der Waals surface area (Å²) in [5, 5.41) is 17.5. The second kappa shape index (κ2) is 9.15. The van der Waals surface area contributed by atoms with Crippen molar-refractivity contribution in [2.24, 2.45) is 11.8 Å². The van der Waals surface area contributed by atoms with Crippen molar-refractivity contribution in [1.29, 1.82) is 0 Å². The van der Waals surface area contributed by atoms with Gasteiger partial charge in [0, 0.05) is 25.4 Å². The summed E-state index contributed by atoms with van der Waals surface area (Å²) >= 11 is 1.60. The van der Waals surface area contributed by atoms with Crippen LogP contribution in [0, 0.1) is 18.8 Å². The third-order valence-corrected chi connectivity index (χ3v) is 7.28. The fourth-order valence-electron chi connectivity index (χ4n) is 4.32. The van der Waals surface area contributed by atoms with Gasteiger partial charge in [-0.15, -0.1) is 11.3 Å². The Morgan fingerprint density at radius 3 is 2.75 bits per heavy atom. The molecule has 2 atom stereocenters. The molecule has 2 unspecified atom stereocenters. The number of hydrogen-bond acceptors (Lipinski definition) is 9. The summed E-state index contributed by atoms with van der Waals surface area (Å²) in [5.74, 6) is 3.13. The van der Waals surface area contributed by atoms with Gasteiger partial charge in [-0.3, -0.25) is 0 Å². The number of aliphatic hydroxyl groups is 1. The second-order valence-corrected chi connectivity index (χ2v) is 9.83. The van der Waals surface area contributed by atoms with Crippen molar-refractivity contribution in [2.75, 3.05) is 30.4 Å². The van der Waals surface area contributed by atoms with Crippen LogP contribution < -0.4 is 15.4 Å². The lowest BCUT2D eigenvalue weighted by molar-refractivity contribution is 0.229. The maximum absolute atomic E-state index is 9.56. The van der Waals surface area contributed by atoms with E-state index in [1.165, 1.54) is 12.8 Å². The average molecular weight is 455 g/mol. The molecule has 2 aliphatic carbocycles. The van der Waals surface area contributed by atoms with Crippen molar-refractivity contribution in [3.8, 4) is 16.5 Å². The van der Waals surface area contributed by atoms with Crippen LogP contribution in [-0.2, 0) is 0 Å². The molecule has 3 aromatic rings. The average Bonchev–Trinajstić information content (AvgIpc) is 3.33. The number of ether oxygens (including phenoxy) is 1. The Morgan fingerprint density at radius 2 is 2.00 bits per heavy atom. The SMILES string of the molecule is CCOc1nccc2sc(-c3c(C)nc(NCC4CC4)nc3NC3CCC(CO)C3)nc12. The number of aryl methyl sites for hydroxylation is 1. The van der Waals surface area contributed by atoms with Gasteiger partial charge in [-0.05, 0) is 63.9 Å². The summed E-state index contributed by atoms with van der Waals surface area (Å²) in [4.78, 5) is 18.9. The third-order valence-electron chi connectivity index (χ3n) is 6.24. The van der Waals surface area contributed by atoms with Gasteiger partial charge in [-0.2, -0.15) is 4.98 Å². The van der Waals surface area contributed by atoms with Crippen LogP contribution in [0.3, 0.4) is 0 Å². The molecule has 2 fully saturated rings. The predicted octanol–water partition coefficient (Wildman–Crippen LogP) is 4.25. The largest absolute Gasteiger partial charge is 0.476 e. The summed E-state index contributed by atoms with van der Waals surface area (Å²) in [6.45, 7) is 5.67. The zero-order chi connectivity index (χ0) is 22.1. The molecule has 3 N–H and O–H groups in total. The lowest BCUT2D eigenvalue weighted by Crippen LogP contribution is -2.19. The minimum Gasteiger partial charge on any atom is -0.476 e. The molecule has 3 aromatic heterocycles. The molecular formula is C23H30N6O2S. The fourth-order valence-corrected chi connectivity index (χ4v) is 5.37. The molecule has 5 rings (SSSR count). The van der Waals surface area contributed by atoms with Crippen molar-refractivity contribution in [2.45, 2.75) is 52.0 Å². The van der Waals surface area contributed by atoms with E-state index >= 15 is 0 Å². The summed E-state index contributed by atoms with van der Waals surface area (Å²) in [5.41, 5.74) is 2.59. The van der Waals surface area contributed by atoms with E-state index in [4.69, 9.17) is 19.7 Å². The minimum absolute atomic E-state index is 0.243. The van der Waals surface area contributed by atoms with E-state index < -0.39 is 0 Å². The van der Waals surface area contributed by atoms with Gasteiger partial charge in [-0.1, -0.05) is 0 Å². The fraction of sp³-hybridized carbons (Fsp3) is 0.565. The molecule has 0 radical (unpaired) electrons. The van der Waals surface area contributed by atoms with Crippen LogP contribution in [0.2, 0.25) is 0 Å². The number of nitrogens with one attached hydrogen (secondary N) is 2. The Kier molecular flexibility index (Phi) is 6.10. The molecule has 3 heterocycles. The van der Waals surface area contributed by atoms with Crippen LogP contribution >= 0.6 is 11.3 Å². The van der Waals surface area contributed by atoms with E-state index in [9.17, 15) is 5.11 Å². The van der Waals surface area contributed by atoms with Gasteiger partial charge in [0.25, 0.3) is 0 Å². The Balaban J connectivity index is 1.52. The molecular weight excluding hydrogens is 424 g/mol. The summed E-state index contributed by atoms with van der Waals surface area (Å²) in [7, 11) is 0. The number of pyridine rings is 1. The lowest BCUT2D eigenvalue weighted by Gasteiger charge is -2.18. The molecule has 0 saturated heterocycles. The van der Waals surface area contributed by atoms with E-state index in [0.29, 0.717) is 24.4 Å². The van der Waals surface area contributed by atoms with Crippen LogP contribution in [0.1, 0.15) is 44.7 Å². The van der Waals surface area contributed by atoms with E-state index in [1.54, 1.807) is 17.5 Å². The topological polar surface area (TPSA) is 105 Å².